The standard InChI is InChI=1S/C24H22ClNO4/c1-24(2,3)30-26-23(28)29-22(27)19-13-14-21(25)20(15-19)18-11-9-17(10-12-18)16-7-5-4-6-8-16/h4-15H,1-3H3,(H,26,28). The SMILES string of the molecule is CC(C)(C)ONC(=O)OC(=O)c1ccc(Cl)c(-c2ccc(-c3ccccc3)cc2)c1. The van der Waals surface area contributed by atoms with E-state index in [4.69, 9.17) is 21.2 Å². The minimum atomic E-state index is -0.987. The maximum atomic E-state index is 12.3. The Morgan fingerprint density at radius 3 is 2.07 bits per heavy atom. The zero-order chi connectivity index (χ0) is 21.7. The summed E-state index contributed by atoms with van der Waals surface area (Å²) in [4.78, 5) is 29.2. The molecule has 0 aliphatic carbocycles. The van der Waals surface area contributed by atoms with Crippen LogP contribution in [0.4, 0.5) is 4.79 Å². The maximum absolute atomic E-state index is 12.3. The van der Waals surface area contributed by atoms with Gasteiger partial charge in [0.15, 0.2) is 0 Å². The molecule has 0 aromatic heterocycles. The summed E-state index contributed by atoms with van der Waals surface area (Å²) in [5.41, 5.74) is 5.37. The van der Waals surface area contributed by atoms with E-state index in [2.05, 4.69) is 5.48 Å². The molecule has 0 atom stereocenters. The number of hydroxylamine groups is 1. The summed E-state index contributed by atoms with van der Waals surface area (Å²) in [6.07, 6.45) is -0.987. The molecule has 0 unspecified atom stereocenters. The van der Waals surface area contributed by atoms with Gasteiger partial charge >= 0.3 is 12.1 Å². The molecular weight excluding hydrogens is 402 g/mol. The normalized spacial score (nSPS) is 11.1. The fourth-order valence-electron chi connectivity index (χ4n) is 2.71. The van der Waals surface area contributed by atoms with Crippen LogP contribution in [0.3, 0.4) is 0 Å². The first-order valence-corrected chi connectivity index (χ1v) is 9.76. The van der Waals surface area contributed by atoms with Crippen LogP contribution in [0, 0.1) is 0 Å². The molecule has 3 aromatic carbocycles. The number of halogens is 1. The van der Waals surface area contributed by atoms with Crippen molar-refractivity contribution in [2.45, 2.75) is 26.4 Å². The zero-order valence-electron chi connectivity index (χ0n) is 16.9. The lowest BCUT2D eigenvalue weighted by atomic mass is 9.99. The Bertz CT molecular complexity index is 1040. The third-order valence-corrected chi connectivity index (χ3v) is 4.46. The molecule has 0 aliphatic heterocycles. The lowest BCUT2D eigenvalue weighted by molar-refractivity contribution is -0.0632. The first-order valence-electron chi connectivity index (χ1n) is 9.38. The molecule has 6 heteroatoms. The van der Waals surface area contributed by atoms with Crippen molar-refractivity contribution in [2.24, 2.45) is 0 Å². The van der Waals surface area contributed by atoms with Gasteiger partial charge in [0, 0.05) is 10.6 Å². The van der Waals surface area contributed by atoms with Crippen LogP contribution in [0.5, 0.6) is 0 Å². The van der Waals surface area contributed by atoms with Gasteiger partial charge in [-0.25, -0.2) is 9.59 Å². The largest absolute Gasteiger partial charge is 0.439 e. The minimum absolute atomic E-state index is 0.201. The van der Waals surface area contributed by atoms with Crippen molar-refractivity contribution in [3.05, 3.63) is 83.4 Å². The highest BCUT2D eigenvalue weighted by atomic mass is 35.5. The molecule has 0 bridgehead atoms. The van der Waals surface area contributed by atoms with Crippen LogP contribution in [0.15, 0.2) is 72.8 Å². The van der Waals surface area contributed by atoms with E-state index in [9.17, 15) is 9.59 Å². The van der Waals surface area contributed by atoms with E-state index in [1.807, 2.05) is 54.6 Å². The summed E-state index contributed by atoms with van der Waals surface area (Å²) in [6, 6.07) is 22.6. The van der Waals surface area contributed by atoms with Gasteiger partial charge < -0.3 is 4.74 Å². The Morgan fingerprint density at radius 2 is 1.43 bits per heavy atom. The number of hydrogen-bond acceptors (Lipinski definition) is 4. The van der Waals surface area contributed by atoms with Crippen LogP contribution in [-0.2, 0) is 9.57 Å². The first kappa shape index (κ1) is 21.6. The fraction of sp³-hybridized carbons (Fsp3) is 0.167. The van der Waals surface area contributed by atoms with Crippen LogP contribution < -0.4 is 5.48 Å². The van der Waals surface area contributed by atoms with Crippen molar-refractivity contribution in [1.82, 2.24) is 5.48 Å². The molecule has 0 heterocycles. The second-order valence-electron chi connectivity index (χ2n) is 7.63. The Kier molecular flexibility index (Phi) is 6.55. The second kappa shape index (κ2) is 9.11. The number of hydrogen-bond donors (Lipinski definition) is 1. The van der Waals surface area contributed by atoms with Gasteiger partial charge in [-0.05, 0) is 55.7 Å². The Morgan fingerprint density at radius 1 is 0.833 bits per heavy atom. The molecule has 0 saturated carbocycles. The highest BCUT2D eigenvalue weighted by Crippen LogP contribution is 2.31. The molecule has 0 radical (unpaired) electrons. The van der Waals surface area contributed by atoms with Crippen LogP contribution in [-0.4, -0.2) is 17.7 Å². The van der Waals surface area contributed by atoms with Crippen LogP contribution in [0.25, 0.3) is 22.3 Å². The monoisotopic (exact) mass is 423 g/mol. The number of benzene rings is 3. The second-order valence-corrected chi connectivity index (χ2v) is 8.04. The molecule has 5 nitrogen and oxygen atoms in total. The molecule has 1 amide bonds. The molecule has 0 aliphatic rings. The third kappa shape index (κ3) is 5.69. The molecule has 1 N–H and O–H groups in total. The van der Waals surface area contributed by atoms with Crippen LogP contribution in [0.1, 0.15) is 31.1 Å². The number of carbonyl (C=O) groups is 2. The zero-order valence-corrected chi connectivity index (χ0v) is 17.7. The van der Waals surface area contributed by atoms with E-state index in [1.165, 1.54) is 6.07 Å². The van der Waals surface area contributed by atoms with Gasteiger partial charge in [-0.1, -0.05) is 66.2 Å². The van der Waals surface area contributed by atoms with E-state index in [1.54, 1.807) is 32.9 Å². The first-order chi connectivity index (χ1) is 14.2. The van der Waals surface area contributed by atoms with Crippen molar-refractivity contribution >= 4 is 23.7 Å². The smallest absolute Gasteiger partial charge is 0.371 e. The number of nitrogens with one attached hydrogen (secondary N) is 1. The van der Waals surface area contributed by atoms with Gasteiger partial charge in [0.25, 0.3) is 0 Å². The van der Waals surface area contributed by atoms with Crippen molar-refractivity contribution < 1.29 is 19.2 Å². The Hall–Kier alpha value is -3.15. The predicted octanol–water partition coefficient (Wildman–Crippen LogP) is 6.27. The number of rotatable bonds is 4. The van der Waals surface area contributed by atoms with Gasteiger partial charge in [0.2, 0.25) is 0 Å². The summed E-state index contributed by atoms with van der Waals surface area (Å²) in [5.74, 6) is -0.802. The highest BCUT2D eigenvalue weighted by Gasteiger charge is 2.18. The molecule has 0 fully saturated rings. The third-order valence-electron chi connectivity index (χ3n) is 4.13. The fourth-order valence-corrected chi connectivity index (χ4v) is 2.93. The Labute approximate surface area is 180 Å². The summed E-state index contributed by atoms with van der Waals surface area (Å²) in [7, 11) is 0. The van der Waals surface area contributed by atoms with Crippen molar-refractivity contribution in [1.29, 1.82) is 0 Å². The predicted molar refractivity (Wildman–Crippen MR) is 117 cm³/mol. The molecule has 0 saturated heterocycles. The summed E-state index contributed by atoms with van der Waals surface area (Å²) in [5, 5.41) is 0.486. The highest BCUT2D eigenvalue weighted by molar-refractivity contribution is 6.33. The average Bonchev–Trinajstić information content (AvgIpc) is 2.73. The van der Waals surface area contributed by atoms with Gasteiger partial charge in [-0.2, -0.15) is 5.48 Å². The van der Waals surface area contributed by atoms with Gasteiger partial charge in [0.1, 0.15) is 0 Å². The van der Waals surface area contributed by atoms with Gasteiger partial charge in [-0.15, -0.1) is 0 Å². The molecule has 154 valence electrons. The van der Waals surface area contributed by atoms with Gasteiger partial charge in [-0.3, -0.25) is 4.84 Å². The molecule has 3 rings (SSSR count). The van der Waals surface area contributed by atoms with E-state index in [0.29, 0.717) is 10.6 Å². The summed E-state index contributed by atoms with van der Waals surface area (Å²) >= 11 is 6.35. The maximum Gasteiger partial charge on any atom is 0.439 e. The topological polar surface area (TPSA) is 64.6 Å². The van der Waals surface area contributed by atoms with E-state index in [-0.39, 0.29) is 5.56 Å². The average molecular weight is 424 g/mol. The number of amides is 1. The number of ether oxygens (including phenoxy) is 1. The number of esters is 1. The van der Waals surface area contributed by atoms with Crippen LogP contribution >= 0.6 is 11.6 Å². The quantitative estimate of drug-likeness (QED) is 0.305. The van der Waals surface area contributed by atoms with Crippen molar-refractivity contribution in [2.75, 3.05) is 0 Å². The van der Waals surface area contributed by atoms with E-state index >= 15 is 0 Å². The molecule has 30 heavy (non-hydrogen) atoms. The molecule has 0 spiro atoms. The van der Waals surface area contributed by atoms with E-state index < -0.39 is 17.7 Å². The minimum Gasteiger partial charge on any atom is -0.371 e. The number of carbonyl (C=O) groups excluding carboxylic acids is 2. The summed E-state index contributed by atoms with van der Waals surface area (Å²) in [6.45, 7) is 5.26. The molecule has 3 aromatic rings. The van der Waals surface area contributed by atoms with Gasteiger partial charge in [0.05, 0.1) is 11.2 Å². The van der Waals surface area contributed by atoms with Crippen molar-refractivity contribution in [3.8, 4) is 22.3 Å². The Balaban J connectivity index is 1.76. The van der Waals surface area contributed by atoms with E-state index in [0.717, 1.165) is 16.7 Å². The van der Waals surface area contributed by atoms with Crippen LogP contribution in [0.2, 0.25) is 5.02 Å². The lowest BCUT2D eigenvalue weighted by Crippen LogP contribution is -2.35. The molecular formula is C24H22ClNO4. The summed E-state index contributed by atoms with van der Waals surface area (Å²) < 4.78 is 4.78. The lowest BCUT2D eigenvalue weighted by Gasteiger charge is -2.18. The van der Waals surface area contributed by atoms with Crippen molar-refractivity contribution in [3.63, 3.8) is 0 Å².